The Hall–Kier alpha value is -1.54. The minimum atomic E-state index is -0.804. The Labute approximate surface area is 133 Å². The van der Waals surface area contributed by atoms with E-state index in [4.69, 9.17) is 23.2 Å². The molecule has 0 aromatic heterocycles. The zero-order valence-electron chi connectivity index (χ0n) is 11.5. The van der Waals surface area contributed by atoms with Crippen molar-refractivity contribution in [2.45, 2.75) is 13.0 Å². The van der Waals surface area contributed by atoms with Gasteiger partial charge in [-0.25, -0.2) is 0 Å². The van der Waals surface area contributed by atoms with Gasteiger partial charge in [0.15, 0.2) is 0 Å². The molecule has 0 bridgehead atoms. The summed E-state index contributed by atoms with van der Waals surface area (Å²) in [4.78, 5) is 0. The first-order chi connectivity index (χ1) is 10.1. The van der Waals surface area contributed by atoms with Crippen LogP contribution in [0, 0.1) is 6.92 Å². The van der Waals surface area contributed by atoms with E-state index in [9.17, 15) is 5.11 Å². The fourth-order valence-corrected chi connectivity index (χ4v) is 3.00. The van der Waals surface area contributed by atoms with E-state index in [0.717, 1.165) is 16.3 Å². The molecular formula is C18H14Cl2O. The van der Waals surface area contributed by atoms with Crippen molar-refractivity contribution < 1.29 is 5.11 Å². The molecule has 1 nitrogen and oxygen atoms in total. The Morgan fingerprint density at radius 2 is 1.57 bits per heavy atom. The van der Waals surface area contributed by atoms with Crippen LogP contribution in [0.25, 0.3) is 10.8 Å². The number of hydrogen-bond donors (Lipinski definition) is 1. The first kappa shape index (κ1) is 14.4. The molecule has 1 atom stereocenters. The summed E-state index contributed by atoms with van der Waals surface area (Å²) < 4.78 is 0. The normalized spacial score (nSPS) is 12.6. The molecule has 0 heterocycles. The third-order valence-corrected chi connectivity index (χ3v) is 4.30. The van der Waals surface area contributed by atoms with E-state index in [-0.39, 0.29) is 0 Å². The summed E-state index contributed by atoms with van der Waals surface area (Å²) in [6.45, 7) is 2.06. The van der Waals surface area contributed by atoms with Crippen LogP contribution in [0.5, 0.6) is 0 Å². The maximum absolute atomic E-state index is 10.7. The highest BCUT2D eigenvalue weighted by atomic mass is 35.5. The number of aliphatic hydroxyl groups is 1. The van der Waals surface area contributed by atoms with Crippen LogP contribution < -0.4 is 0 Å². The lowest BCUT2D eigenvalue weighted by Gasteiger charge is -2.17. The minimum Gasteiger partial charge on any atom is -0.384 e. The molecule has 0 aliphatic carbocycles. The monoisotopic (exact) mass is 316 g/mol. The van der Waals surface area contributed by atoms with Crippen molar-refractivity contribution in [3.63, 3.8) is 0 Å². The largest absolute Gasteiger partial charge is 0.384 e. The molecule has 21 heavy (non-hydrogen) atoms. The van der Waals surface area contributed by atoms with Crippen molar-refractivity contribution in [1.82, 2.24) is 0 Å². The first-order valence-corrected chi connectivity index (χ1v) is 7.45. The summed E-state index contributed by atoms with van der Waals surface area (Å²) in [6, 6.07) is 17.1. The fourth-order valence-electron chi connectivity index (χ4n) is 2.60. The van der Waals surface area contributed by atoms with Crippen LogP contribution in [0.2, 0.25) is 10.0 Å². The van der Waals surface area contributed by atoms with Crippen LogP contribution in [-0.2, 0) is 0 Å². The van der Waals surface area contributed by atoms with Gasteiger partial charge < -0.3 is 5.11 Å². The fraction of sp³-hybridized carbons (Fsp3) is 0.111. The van der Waals surface area contributed by atoms with Crippen molar-refractivity contribution >= 4 is 34.0 Å². The lowest BCUT2D eigenvalue weighted by molar-refractivity contribution is 0.222. The van der Waals surface area contributed by atoms with Crippen molar-refractivity contribution in [2.75, 3.05) is 0 Å². The molecule has 0 saturated heterocycles. The van der Waals surface area contributed by atoms with Gasteiger partial charge in [-0.15, -0.1) is 0 Å². The second-order valence-electron chi connectivity index (χ2n) is 5.09. The van der Waals surface area contributed by atoms with Gasteiger partial charge in [-0.05, 0) is 47.0 Å². The average Bonchev–Trinajstić information content (AvgIpc) is 2.50. The highest BCUT2D eigenvalue weighted by molar-refractivity contribution is 6.33. The van der Waals surface area contributed by atoms with Crippen molar-refractivity contribution in [2.24, 2.45) is 0 Å². The van der Waals surface area contributed by atoms with E-state index in [1.807, 2.05) is 30.3 Å². The van der Waals surface area contributed by atoms with Gasteiger partial charge >= 0.3 is 0 Å². The molecule has 3 aromatic carbocycles. The van der Waals surface area contributed by atoms with Crippen molar-refractivity contribution in [3.05, 3.63) is 81.3 Å². The standard InChI is InChI=1S/C18H14Cl2O/c1-11-6-8-15(14-5-3-2-4-13(11)14)18(21)16-10-12(19)7-9-17(16)20/h2-10,18,21H,1H3. The lowest BCUT2D eigenvalue weighted by atomic mass is 9.94. The number of rotatable bonds is 2. The zero-order chi connectivity index (χ0) is 15.0. The van der Waals surface area contributed by atoms with E-state index in [1.54, 1.807) is 18.2 Å². The Kier molecular flexibility index (Phi) is 3.90. The summed E-state index contributed by atoms with van der Waals surface area (Å²) in [6.07, 6.45) is -0.804. The van der Waals surface area contributed by atoms with Crippen LogP contribution >= 0.6 is 23.2 Å². The van der Waals surface area contributed by atoms with Gasteiger partial charge in [-0.1, -0.05) is 59.6 Å². The Morgan fingerprint density at radius 3 is 2.33 bits per heavy atom. The molecule has 3 aromatic rings. The smallest absolute Gasteiger partial charge is 0.106 e. The average molecular weight is 317 g/mol. The molecule has 106 valence electrons. The summed E-state index contributed by atoms with van der Waals surface area (Å²) in [5, 5.41) is 14.0. The van der Waals surface area contributed by atoms with Crippen LogP contribution in [0.1, 0.15) is 22.8 Å². The second-order valence-corrected chi connectivity index (χ2v) is 5.93. The summed E-state index contributed by atoms with van der Waals surface area (Å²) in [7, 11) is 0. The maximum atomic E-state index is 10.7. The molecule has 3 heteroatoms. The Morgan fingerprint density at radius 1 is 0.857 bits per heavy atom. The third-order valence-electron chi connectivity index (χ3n) is 3.72. The molecule has 1 N–H and O–H groups in total. The van der Waals surface area contributed by atoms with Crippen molar-refractivity contribution in [3.8, 4) is 0 Å². The van der Waals surface area contributed by atoms with E-state index < -0.39 is 6.10 Å². The minimum absolute atomic E-state index is 0.511. The highest BCUT2D eigenvalue weighted by Gasteiger charge is 2.17. The molecular weight excluding hydrogens is 303 g/mol. The molecule has 0 spiro atoms. The topological polar surface area (TPSA) is 20.2 Å². The number of hydrogen-bond acceptors (Lipinski definition) is 1. The van der Waals surface area contributed by atoms with Gasteiger partial charge in [0.05, 0.1) is 0 Å². The summed E-state index contributed by atoms with van der Waals surface area (Å²) in [5.41, 5.74) is 2.64. The first-order valence-electron chi connectivity index (χ1n) is 6.69. The predicted molar refractivity (Wildman–Crippen MR) is 89.2 cm³/mol. The molecule has 0 radical (unpaired) electrons. The van der Waals surface area contributed by atoms with Gasteiger partial charge in [-0.3, -0.25) is 0 Å². The maximum Gasteiger partial charge on any atom is 0.106 e. The van der Waals surface area contributed by atoms with Crippen LogP contribution in [-0.4, -0.2) is 5.11 Å². The number of benzene rings is 3. The molecule has 0 amide bonds. The quantitative estimate of drug-likeness (QED) is 0.658. The number of aryl methyl sites for hydroxylation is 1. The summed E-state index contributed by atoms with van der Waals surface area (Å²) in [5.74, 6) is 0. The Balaban J connectivity index is 2.20. The van der Waals surface area contributed by atoms with Crippen LogP contribution in [0.3, 0.4) is 0 Å². The van der Waals surface area contributed by atoms with E-state index in [1.165, 1.54) is 5.56 Å². The van der Waals surface area contributed by atoms with Crippen molar-refractivity contribution in [1.29, 1.82) is 0 Å². The van der Waals surface area contributed by atoms with E-state index in [0.29, 0.717) is 15.6 Å². The van der Waals surface area contributed by atoms with Gasteiger partial charge in [-0.2, -0.15) is 0 Å². The number of halogens is 2. The number of fused-ring (bicyclic) bond motifs is 1. The predicted octanol–water partition coefficient (Wildman–Crippen LogP) is 5.54. The third kappa shape index (κ3) is 2.65. The van der Waals surface area contributed by atoms with Gasteiger partial charge in [0.25, 0.3) is 0 Å². The lowest BCUT2D eigenvalue weighted by Crippen LogP contribution is -2.02. The van der Waals surface area contributed by atoms with E-state index in [2.05, 4.69) is 13.0 Å². The SMILES string of the molecule is Cc1ccc(C(O)c2cc(Cl)ccc2Cl)c2ccccc12. The highest BCUT2D eigenvalue weighted by Crippen LogP contribution is 2.34. The molecule has 0 aliphatic rings. The second kappa shape index (κ2) is 5.69. The van der Waals surface area contributed by atoms with Crippen LogP contribution in [0.15, 0.2) is 54.6 Å². The van der Waals surface area contributed by atoms with E-state index >= 15 is 0 Å². The number of aliphatic hydroxyl groups excluding tert-OH is 1. The Bertz CT molecular complexity index is 811. The molecule has 0 aliphatic heterocycles. The molecule has 0 saturated carbocycles. The van der Waals surface area contributed by atoms with Crippen LogP contribution in [0.4, 0.5) is 0 Å². The van der Waals surface area contributed by atoms with Gasteiger partial charge in [0.2, 0.25) is 0 Å². The van der Waals surface area contributed by atoms with Gasteiger partial charge in [0, 0.05) is 15.6 Å². The molecule has 1 unspecified atom stereocenters. The zero-order valence-corrected chi connectivity index (χ0v) is 13.0. The van der Waals surface area contributed by atoms with Gasteiger partial charge in [0.1, 0.15) is 6.10 Å². The molecule has 3 rings (SSSR count). The molecule has 0 fully saturated rings. The summed E-state index contributed by atoms with van der Waals surface area (Å²) >= 11 is 12.2.